The molecule has 1 heterocycles. The van der Waals surface area contributed by atoms with Crippen molar-refractivity contribution < 1.29 is 8.42 Å². The van der Waals surface area contributed by atoms with Crippen molar-refractivity contribution in [2.24, 2.45) is 0 Å². The fourth-order valence-corrected chi connectivity index (χ4v) is 1.81. The zero-order valence-electron chi connectivity index (χ0n) is 4.69. The van der Waals surface area contributed by atoms with Crippen molar-refractivity contribution in [3.63, 3.8) is 0 Å². The van der Waals surface area contributed by atoms with Gasteiger partial charge in [0.05, 0.1) is 5.69 Å². The van der Waals surface area contributed by atoms with Crippen molar-refractivity contribution in [3.05, 3.63) is 11.1 Å². The summed E-state index contributed by atoms with van der Waals surface area (Å²) >= 11 is 1.10. The van der Waals surface area contributed by atoms with E-state index in [2.05, 4.69) is 9.59 Å². The van der Waals surface area contributed by atoms with Gasteiger partial charge in [0, 0.05) is 16.1 Å². The Morgan fingerprint density at radius 1 is 1.70 bits per heavy atom. The summed E-state index contributed by atoms with van der Waals surface area (Å²) in [5.74, 6) is -0.245. The highest BCUT2D eigenvalue weighted by Crippen LogP contribution is 2.07. The van der Waals surface area contributed by atoms with E-state index in [9.17, 15) is 8.42 Å². The lowest BCUT2D eigenvalue weighted by molar-refractivity contribution is 0.608. The fraction of sp³-hybridized carbons (Fsp3) is 0.333. The molecule has 0 spiro atoms. The van der Waals surface area contributed by atoms with E-state index in [4.69, 9.17) is 10.7 Å². The van der Waals surface area contributed by atoms with Gasteiger partial charge in [0.2, 0.25) is 9.05 Å². The maximum atomic E-state index is 10.4. The zero-order valence-corrected chi connectivity index (χ0v) is 7.08. The first kappa shape index (κ1) is 7.90. The maximum Gasteiger partial charge on any atom is 0.238 e. The third kappa shape index (κ3) is 2.59. The van der Waals surface area contributed by atoms with Crippen molar-refractivity contribution in [2.45, 2.75) is 5.75 Å². The summed E-state index contributed by atoms with van der Waals surface area (Å²) in [7, 11) is 1.46. The topological polar surface area (TPSA) is 59.9 Å². The SMILES string of the molecule is O=S(=O)(Cl)Cc1csnn1. The van der Waals surface area contributed by atoms with Crippen molar-refractivity contribution in [1.29, 1.82) is 0 Å². The summed E-state index contributed by atoms with van der Waals surface area (Å²) in [6, 6.07) is 0. The molecule has 7 heteroatoms. The average Bonchev–Trinajstić information content (AvgIpc) is 2.12. The number of hydrogen-bond acceptors (Lipinski definition) is 5. The Morgan fingerprint density at radius 2 is 2.40 bits per heavy atom. The molecule has 4 nitrogen and oxygen atoms in total. The molecule has 1 rings (SSSR count). The van der Waals surface area contributed by atoms with Gasteiger partial charge in [-0.3, -0.25) is 0 Å². The van der Waals surface area contributed by atoms with Crippen LogP contribution >= 0.6 is 22.2 Å². The highest BCUT2D eigenvalue weighted by Gasteiger charge is 2.08. The van der Waals surface area contributed by atoms with E-state index in [1.54, 1.807) is 5.38 Å². The summed E-state index contributed by atoms with van der Waals surface area (Å²) in [4.78, 5) is 0. The van der Waals surface area contributed by atoms with Crippen molar-refractivity contribution in [1.82, 2.24) is 9.59 Å². The van der Waals surface area contributed by atoms with Gasteiger partial charge in [0.1, 0.15) is 5.75 Å². The summed E-state index contributed by atoms with van der Waals surface area (Å²) < 4.78 is 24.3. The molecule has 0 bridgehead atoms. The highest BCUT2D eigenvalue weighted by atomic mass is 35.7. The lowest BCUT2D eigenvalue weighted by Crippen LogP contribution is -1.94. The molecule has 0 aromatic carbocycles. The first-order chi connectivity index (χ1) is 4.58. The van der Waals surface area contributed by atoms with E-state index in [1.807, 2.05) is 0 Å². The van der Waals surface area contributed by atoms with Crippen LogP contribution in [-0.4, -0.2) is 18.0 Å². The number of aromatic nitrogens is 2. The number of hydrogen-bond donors (Lipinski definition) is 0. The monoisotopic (exact) mass is 198 g/mol. The van der Waals surface area contributed by atoms with Gasteiger partial charge >= 0.3 is 0 Å². The quantitative estimate of drug-likeness (QED) is 0.654. The van der Waals surface area contributed by atoms with Crippen LogP contribution < -0.4 is 0 Å². The molecular weight excluding hydrogens is 196 g/mol. The maximum absolute atomic E-state index is 10.4. The van der Waals surface area contributed by atoms with Crippen LogP contribution in [0.1, 0.15) is 5.69 Å². The van der Waals surface area contributed by atoms with Crippen LogP contribution in [0.2, 0.25) is 0 Å². The number of rotatable bonds is 2. The summed E-state index contributed by atoms with van der Waals surface area (Å²) in [5, 5.41) is 5.05. The Kier molecular flexibility index (Phi) is 2.22. The molecule has 0 N–H and O–H groups in total. The molecule has 1 aromatic rings. The molecule has 0 saturated heterocycles. The number of nitrogens with zero attached hydrogens (tertiary/aromatic N) is 2. The lowest BCUT2D eigenvalue weighted by atomic mass is 10.6. The summed E-state index contributed by atoms with van der Waals surface area (Å²) in [6.45, 7) is 0. The molecule has 0 fully saturated rings. The predicted molar refractivity (Wildman–Crippen MR) is 38.4 cm³/mol. The van der Waals surface area contributed by atoms with Crippen LogP contribution in [0.3, 0.4) is 0 Å². The van der Waals surface area contributed by atoms with Gasteiger partial charge in [-0.05, 0) is 11.5 Å². The third-order valence-corrected chi connectivity index (χ3v) is 2.25. The van der Waals surface area contributed by atoms with Crippen LogP contribution in [0, 0.1) is 0 Å². The minimum atomic E-state index is -3.47. The third-order valence-electron chi connectivity index (χ3n) is 0.725. The van der Waals surface area contributed by atoms with Gasteiger partial charge in [0.15, 0.2) is 0 Å². The van der Waals surface area contributed by atoms with Gasteiger partial charge in [-0.1, -0.05) is 4.49 Å². The van der Waals surface area contributed by atoms with E-state index in [0.717, 1.165) is 11.5 Å². The van der Waals surface area contributed by atoms with Crippen LogP contribution in [0.4, 0.5) is 0 Å². The zero-order chi connectivity index (χ0) is 7.61. The lowest BCUT2D eigenvalue weighted by Gasteiger charge is -1.86. The fourth-order valence-electron chi connectivity index (χ4n) is 0.424. The Labute approximate surface area is 66.4 Å². The van der Waals surface area contributed by atoms with Gasteiger partial charge in [0.25, 0.3) is 0 Å². The molecule has 0 aliphatic carbocycles. The molecule has 10 heavy (non-hydrogen) atoms. The van der Waals surface area contributed by atoms with Crippen LogP contribution in [-0.2, 0) is 14.8 Å². The van der Waals surface area contributed by atoms with Gasteiger partial charge < -0.3 is 0 Å². The second-order valence-corrected chi connectivity index (χ2v) is 4.97. The first-order valence-electron chi connectivity index (χ1n) is 2.26. The molecular formula is C3H3ClN2O2S2. The van der Waals surface area contributed by atoms with Crippen LogP contribution in [0.5, 0.6) is 0 Å². The first-order valence-corrected chi connectivity index (χ1v) is 5.58. The molecule has 1 aromatic heterocycles. The molecule has 0 aliphatic heterocycles. The van der Waals surface area contributed by atoms with Crippen molar-refractivity contribution >= 4 is 31.3 Å². The molecule has 0 aliphatic rings. The number of halogens is 1. The second-order valence-electron chi connectivity index (χ2n) is 1.58. The van der Waals surface area contributed by atoms with E-state index in [0.29, 0.717) is 5.69 Å². The predicted octanol–water partition coefficient (Wildman–Crippen LogP) is 0.607. The Balaban J connectivity index is 2.75. The second kappa shape index (κ2) is 2.81. The standard InChI is InChI=1S/C3H3ClN2O2S2/c4-10(7,8)2-3-1-9-6-5-3/h1H,2H2. The molecule has 0 radical (unpaired) electrons. The van der Waals surface area contributed by atoms with E-state index < -0.39 is 9.05 Å². The highest BCUT2D eigenvalue weighted by molar-refractivity contribution is 8.13. The van der Waals surface area contributed by atoms with Gasteiger partial charge in [-0.2, -0.15) is 0 Å². The molecule has 0 saturated carbocycles. The smallest absolute Gasteiger partial charge is 0.212 e. The van der Waals surface area contributed by atoms with Crippen LogP contribution in [0.15, 0.2) is 5.38 Å². The van der Waals surface area contributed by atoms with Gasteiger partial charge in [-0.25, -0.2) is 8.42 Å². The summed E-state index contributed by atoms with van der Waals surface area (Å²) in [5.41, 5.74) is 0.389. The Morgan fingerprint density at radius 3 is 2.80 bits per heavy atom. The Hall–Kier alpha value is -0.200. The average molecular weight is 199 g/mol. The minimum Gasteiger partial charge on any atom is -0.212 e. The Bertz CT molecular complexity index is 292. The molecule has 56 valence electrons. The van der Waals surface area contributed by atoms with Gasteiger partial charge in [-0.15, -0.1) is 5.10 Å². The largest absolute Gasteiger partial charge is 0.238 e. The van der Waals surface area contributed by atoms with Crippen LogP contribution in [0.25, 0.3) is 0 Å². The molecule has 0 atom stereocenters. The molecule has 0 amide bonds. The molecule has 0 unspecified atom stereocenters. The van der Waals surface area contributed by atoms with E-state index in [1.165, 1.54) is 0 Å². The van der Waals surface area contributed by atoms with E-state index >= 15 is 0 Å². The summed E-state index contributed by atoms with van der Waals surface area (Å²) in [6.07, 6.45) is 0. The van der Waals surface area contributed by atoms with Crippen molar-refractivity contribution in [3.8, 4) is 0 Å². The van der Waals surface area contributed by atoms with Crippen molar-refractivity contribution in [2.75, 3.05) is 0 Å². The van der Waals surface area contributed by atoms with E-state index in [-0.39, 0.29) is 5.75 Å². The minimum absolute atomic E-state index is 0.245. The normalized spacial score (nSPS) is 11.7.